The van der Waals surface area contributed by atoms with Gasteiger partial charge in [-0.05, 0) is 32.9 Å². The molecule has 0 saturated heterocycles. The molecule has 1 aromatic rings. The van der Waals surface area contributed by atoms with Crippen molar-refractivity contribution in [2.45, 2.75) is 32.6 Å². The third-order valence-corrected chi connectivity index (χ3v) is 2.10. The lowest BCUT2D eigenvalue weighted by molar-refractivity contribution is 0.562. The van der Waals surface area contributed by atoms with Gasteiger partial charge in [-0.3, -0.25) is 0 Å². The molecule has 0 bridgehead atoms. The molecule has 0 amide bonds. The van der Waals surface area contributed by atoms with Crippen LogP contribution in [0.3, 0.4) is 0 Å². The van der Waals surface area contributed by atoms with Gasteiger partial charge in [0.1, 0.15) is 0 Å². The molecule has 0 aromatic heterocycles. The van der Waals surface area contributed by atoms with Crippen molar-refractivity contribution in [3.05, 3.63) is 35.9 Å². The number of carbonyl (C=O) groups excluding carboxylic acids is 2. The van der Waals surface area contributed by atoms with Gasteiger partial charge in [0.15, 0.2) is 0 Å². The number of benzene rings is 1. The molecule has 6 N–H and O–H groups in total. The SMILES string of the molecule is Cc1ccccc1.N=C=O.N=C=O.NCCCCCCN. The van der Waals surface area contributed by atoms with Crippen LogP contribution >= 0.6 is 0 Å². The summed E-state index contributed by atoms with van der Waals surface area (Å²) in [5.41, 5.74) is 11.9. The first-order valence-electron chi connectivity index (χ1n) is 6.64. The zero-order valence-corrected chi connectivity index (χ0v) is 12.6. The maximum absolute atomic E-state index is 8.35. The van der Waals surface area contributed by atoms with E-state index in [0.29, 0.717) is 0 Å². The Morgan fingerprint density at radius 1 is 0.857 bits per heavy atom. The summed E-state index contributed by atoms with van der Waals surface area (Å²) in [7, 11) is 0. The molecule has 0 aliphatic heterocycles. The molecule has 0 saturated carbocycles. The Morgan fingerprint density at radius 3 is 1.38 bits per heavy atom. The van der Waals surface area contributed by atoms with Crippen LogP contribution in [0.25, 0.3) is 0 Å². The smallest absolute Gasteiger partial charge is 0.231 e. The van der Waals surface area contributed by atoms with Crippen molar-refractivity contribution in [3.8, 4) is 0 Å². The van der Waals surface area contributed by atoms with Crippen LogP contribution in [0, 0.1) is 17.7 Å². The Hall–Kier alpha value is -2.10. The van der Waals surface area contributed by atoms with Gasteiger partial charge >= 0.3 is 0 Å². The second-order valence-electron chi connectivity index (χ2n) is 3.85. The molecular weight excluding hydrogens is 268 g/mol. The van der Waals surface area contributed by atoms with Crippen LogP contribution in [0.4, 0.5) is 0 Å². The van der Waals surface area contributed by atoms with Gasteiger partial charge in [0.25, 0.3) is 0 Å². The first-order valence-corrected chi connectivity index (χ1v) is 6.64. The molecule has 0 radical (unpaired) electrons. The molecule has 0 heterocycles. The van der Waals surface area contributed by atoms with Crippen LogP contribution in [-0.4, -0.2) is 25.2 Å². The summed E-state index contributed by atoms with van der Waals surface area (Å²) in [4.78, 5) is 16.7. The monoisotopic (exact) mass is 294 g/mol. The van der Waals surface area contributed by atoms with E-state index in [1.54, 1.807) is 0 Å². The van der Waals surface area contributed by atoms with E-state index in [1.165, 1.54) is 18.4 Å². The molecule has 0 aliphatic rings. The van der Waals surface area contributed by atoms with Crippen LogP contribution < -0.4 is 11.5 Å². The van der Waals surface area contributed by atoms with Gasteiger partial charge in [-0.15, -0.1) is 0 Å². The fraction of sp³-hybridized carbons (Fsp3) is 0.467. The Morgan fingerprint density at radius 2 is 1.19 bits per heavy atom. The molecule has 6 heteroatoms. The molecule has 118 valence electrons. The first kappa shape index (κ1) is 24.0. The van der Waals surface area contributed by atoms with Gasteiger partial charge in [0, 0.05) is 0 Å². The topological polar surface area (TPSA) is 134 Å². The number of rotatable bonds is 5. The van der Waals surface area contributed by atoms with E-state index in [0.717, 1.165) is 38.1 Å². The van der Waals surface area contributed by atoms with Crippen LogP contribution in [0.15, 0.2) is 30.3 Å². The Kier molecular flexibility index (Phi) is 30.2. The number of nitrogens with two attached hydrogens (primary N) is 2. The molecule has 1 rings (SSSR count). The van der Waals surface area contributed by atoms with E-state index in [4.69, 9.17) is 31.9 Å². The van der Waals surface area contributed by atoms with Gasteiger partial charge in [-0.1, -0.05) is 48.7 Å². The second kappa shape index (κ2) is 26.5. The minimum Gasteiger partial charge on any atom is -0.330 e. The lowest BCUT2D eigenvalue weighted by Crippen LogP contribution is -2.00. The Labute approximate surface area is 126 Å². The van der Waals surface area contributed by atoms with E-state index >= 15 is 0 Å². The largest absolute Gasteiger partial charge is 0.330 e. The maximum Gasteiger partial charge on any atom is 0.231 e. The lowest BCUT2D eigenvalue weighted by Gasteiger charge is -1.94. The predicted octanol–water partition coefficient (Wildman–Crippen LogP) is 2.26. The van der Waals surface area contributed by atoms with E-state index in [9.17, 15) is 0 Å². The highest BCUT2D eigenvalue weighted by atomic mass is 16.1. The van der Waals surface area contributed by atoms with E-state index in [2.05, 4.69) is 19.1 Å². The summed E-state index contributed by atoms with van der Waals surface area (Å²) in [6.07, 6.45) is 6.29. The Balaban J connectivity index is -0.000000227. The zero-order valence-electron chi connectivity index (χ0n) is 12.6. The quantitative estimate of drug-likeness (QED) is 0.376. The molecule has 0 aliphatic carbocycles. The third kappa shape index (κ3) is 38.1. The minimum atomic E-state index is 0.750. The number of unbranched alkanes of at least 4 members (excludes halogenated alkanes) is 3. The van der Waals surface area contributed by atoms with Crippen molar-refractivity contribution in [1.82, 2.24) is 0 Å². The number of aryl methyl sites for hydroxylation is 1. The maximum atomic E-state index is 8.35. The predicted molar refractivity (Wildman–Crippen MR) is 84.6 cm³/mol. The van der Waals surface area contributed by atoms with Gasteiger partial charge in [-0.25, -0.2) is 20.4 Å². The number of isocyanates is 2. The van der Waals surface area contributed by atoms with E-state index in [1.807, 2.05) is 18.2 Å². The Bertz CT molecular complexity index is 339. The number of hydrogen-bond acceptors (Lipinski definition) is 6. The molecule has 1 aromatic carbocycles. The molecule has 0 spiro atoms. The fourth-order valence-electron chi connectivity index (χ4n) is 1.18. The van der Waals surface area contributed by atoms with Crippen molar-refractivity contribution < 1.29 is 9.59 Å². The summed E-state index contributed by atoms with van der Waals surface area (Å²) >= 11 is 0. The van der Waals surface area contributed by atoms with Crippen LogP contribution in [0.1, 0.15) is 31.2 Å². The van der Waals surface area contributed by atoms with Crippen LogP contribution in [-0.2, 0) is 9.59 Å². The summed E-state index contributed by atoms with van der Waals surface area (Å²) < 4.78 is 0. The van der Waals surface area contributed by atoms with Crippen molar-refractivity contribution in [3.63, 3.8) is 0 Å². The van der Waals surface area contributed by atoms with Crippen molar-refractivity contribution in [1.29, 1.82) is 10.8 Å². The number of nitrogens with one attached hydrogen (secondary N) is 2. The molecule has 0 unspecified atom stereocenters. The minimum absolute atomic E-state index is 0.750. The van der Waals surface area contributed by atoms with E-state index < -0.39 is 0 Å². The highest BCUT2D eigenvalue weighted by Gasteiger charge is 1.83. The normalized spacial score (nSPS) is 7.38. The molecule has 0 fully saturated rings. The van der Waals surface area contributed by atoms with Gasteiger partial charge in [-0.2, -0.15) is 0 Å². The highest BCUT2D eigenvalue weighted by molar-refractivity contribution is 5.26. The van der Waals surface area contributed by atoms with Crippen molar-refractivity contribution >= 4 is 12.2 Å². The lowest BCUT2D eigenvalue weighted by atomic mass is 10.2. The second-order valence-corrected chi connectivity index (χ2v) is 3.85. The fourth-order valence-corrected chi connectivity index (χ4v) is 1.18. The van der Waals surface area contributed by atoms with Gasteiger partial charge in [0.2, 0.25) is 12.2 Å². The highest BCUT2D eigenvalue weighted by Crippen LogP contribution is 1.95. The summed E-state index contributed by atoms with van der Waals surface area (Å²) in [6, 6.07) is 10.3. The summed E-state index contributed by atoms with van der Waals surface area (Å²) in [6.45, 7) is 3.73. The number of hydrogen-bond donors (Lipinski definition) is 4. The van der Waals surface area contributed by atoms with Crippen LogP contribution in [0.2, 0.25) is 0 Å². The summed E-state index contributed by atoms with van der Waals surface area (Å²) in [5, 5.41) is 10.8. The van der Waals surface area contributed by atoms with Gasteiger partial charge < -0.3 is 11.5 Å². The molecule has 21 heavy (non-hydrogen) atoms. The summed E-state index contributed by atoms with van der Waals surface area (Å²) in [5.74, 6) is 0. The standard InChI is InChI=1S/C7H8.C6H16N2.2CHNO/c1-7-5-3-2-4-6-7;7-5-3-1-2-4-6-8;2*2-1-3/h2-6H,1H3;1-8H2;2*2H. The molecular formula is C15H26N4O2. The van der Waals surface area contributed by atoms with E-state index in [-0.39, 0.29) is 0 Å². The average molecular weight is 294 g/mol. The third-order valence-electron chi connectivity index (χ3n) is 2.10. The van der Waals surface area contributed by atoms with Crippen molar-refractivity contribution in [2.24, 2.45) is 11.5 Å². The van der Waals surface area contributed by atoms with Gasteiger partial charge in [0.05, 0.1) is 0 Å². The van der Waals surface area contributed by atoms with Crippen LogP contribution in [0.5, 0.6) is 0 Å². The molecule has 0 atom stereocenters. The average Bonchev–Trinajstić information content (AvgIpc) is 2.47. The zero-order chi connectivity index (χ0) is 16.8. The first-order chi connectivity index (χ1) is 10.1. The molecule has 6 nitrogen and oxygen atoms in total. The van der Waals surface area contributed by atoms with Crippen molar-refractivity contribution in [2.75, 3.05) is 13.1 Å².